The summed E-state index contributed by atoms with van der Waals surface area (Å²) in [4.78, 5) is 0. The van der Waals surface area contributed by atoms with Crippen molar-refractivity contribution in [3.8, 4) is 0 Å². The number of nitrogens with one attached hydrogen (secondary N) is 1. The number of hydrogen-bond acceptors (Lipinski definition) is 5. The van der Waals surface area contributed by atoms with Crippen LogP contribution in [0.2, 0.25) is 0 Å². The summed E-state index contributed by atoms with van der Waals surface area (Å²) in [5.74, 6) is 0.862. The second-order valence-corrected chi connectivity index (χ2v) is 10.1. The lowest BCUT2D eigenvalue weighted by atomic mass is 10.2. The molecular weight excluding hydrogens is 300 g/mol. The van der Waals surface area contributed by atoms with Crippen molar-refractivity contribution in [2.24, 2.45) is 0 Å². The minimum atomic E-state index is -3.32. The standard InChI is InChI=1S/C12H20N2O2S3/c1-12(2)9-14(4-5-18-12)19(15,16)11-6-10(7-13-3)8-17-11/h6,8,13H,4-5,7,9H2,1-3H3. The van der Waals surface area contributed by atoms with Crippen molar-refractivity contribution in [3.63, 3.8) is 0 Å². The van der Waals surface area contributed by atoms with E-state index in [4.69, 9.17) is 0 Å². The molecule has 1 N–H and O–H groups in total. The fourth-order valence-corrected chi connectivity index (χ4v) is 6.36. The molecule has 1 aliphatic heterocycles. The molecule has 4 nitrogen and oxygen atoms in total. The molecule has 0 spiro atoms. The smallest absolute Gasteiger partial charge is 0.252 e. The van der Waals surface area contributed by atoms with Crippen molar-refractivity contribution in [1.29, 1.82) is 0 Å². The molecule has 0 aliphatic carbocycles. The van der Waals surface area contributed by atoms with Crippen molar-refractivity contribution >= 4 is 33.1 Å². The fourth-order valence-electron chi connectivity index (χ4n) is 2.09. The van der Waals surface area contributed by atoms with Gasteiger partial charge in [-0.2, -0.15) is 16.1 Å². The monoisotopic (exact) mass is 320 g/mol. The molecule has 0 atom stereocenters. The maximum Gasteiger partial charge on any atom is 0.252 e. The van der Waals surface area contributed by atoms with Crippen molar-refractivity contribution in [3.05, 3.63) is 17.0 Å². The number of hydrogen-bond donors (Lipinski definition) is 1. The van der Waals surface area contributed by atoms with Crippen LogP contribution >= 0.6 is 23.1 Å². The number of rotatable bonds is 4. The molecule has 7 heteroatoms. The summed E-state index contributed by atoms with van der Waals surface area (Å²) in [6.45, 7) is 6.09. The minimum Gasteiger partial charge on any atom is -0.316 e. The van der Waals surface area contributed by atoms with Crippen LogP contribution in [0, 0.1) is 0 Å². The van der Waals surface area contributed by atoms with E-state index in [2.05, 4.69) is 19.2 Å². The molecule has 0 unspecified atom stereocenters. The lowest BCUT2D eigenvalue weighted by Crippen LogP contribution is -2.45. The normalized spacial score (nSPS) is 20.6. The molecular formula is C12H20N2O2S3. The van der Waals surface area contributed by atoms with Crippen LogP contribution in [0.5, 0.6) is 0 Å². The summed E-state index contributed by atoms with van der Waals surface area (Å²) in [5, 5.41) is 4.95. The van der Waals surface area contributed by atoms with Gasteiger partial charge >= 0.3 is 0 Å². The largest absolute Gasteiger partial charge is 0.316 e. The number of thioether (sulfide) groups is 1. The Balaban J connectivity index is 2.21. The van der Waals surface area contributed by atoms with Gasteiger partial charge in [-0.15, -0.1) is 11.3 Å². The minimum absolute atomic E-state index is 0.00359. The first-order valence-corrected chi connectivity index (χ1v) is 9.52. The second-order valence-electron chi connectivity index (χ2n) is 5.25. The summed E-state index contributed by atoms with van der Waals surface area (Å²) in [7, 11) is -1.46. The molecule has 1 aliphatic rings. The average molecular weight is 321 g/mol. The van der Waals surface area contributed by atoms with Gasteiger partial charge in [-0.3, -0.25) is 0 Å². The van der Waals surface area contributed by atoms with Gasteiger partial charge in [0.05, 0.1) is 0 Å². The van der Waals surface area contributed by atoms with Crippen LogP contribution in [-0.2, 0) is 16.6 Å². The first kappa shape index (κ1) is 15.3. The molecule has 0 saturated carbocycles. The van der Waals surface area contributed by atoms with E-state index < -0.39 is 10.0 Å². The van der Waals surface area contributed by atoms with Gasteiger partial charge in [-0.05, 0) is 37.9 Å². The van der Waals surface area contributed by atoms with Gasteiger partial charge in [-0.1, -0.05) is 0 Å². The van der Waals surface area contributed by atoms with Gasteiger partial charge in [0.25, 0.3) is 10.0 Å². The first-order valence-electron chi connectivity index (χ1n) is 6.21. The van der Waals surface area contributed by atoms with Crippen LogP contribution in [0.3, 0.4) is 0 Å². The summed E-state index contributed by atoms with van der Waals surface area (Å²) in [6, 6.07) is 1.78. The maximum atomic E-state index is 12.6. The molecule has 0 aromatic carbocycles. The molecule has 1 fully saturated rings. The summed E-state index contributed by atoms with van der Waals surface area (Å²) >= 11 is 3.15. The van der Waals surface area contributed by atoms with Gasteiger partial charge < -0.3 is 5.32 Å². The Labute approximate surface area is 123 Å². The zero-order valence-electron chi connectivity index (χ0n) is 11.5. The summed E-state index contributed by atoms with van der Waals surface area (Å²) < 4.78 is 27.3. The average Bonchev–Trinajstić information content (AvgIpc) is 2.77. The highest BCUT2D eigenvalue weighted by atomic mass is 32.2. The van der Waals surface area contributed by atoms with Crippen LogP contribution in [0.25, 0.3) is 0 Å². The van der Waals surface area contributed by atoms with Gasteiger partial charge in [0.2, 0.25) is 0 Å². The molecule has 2 heterocycles. The molecule has 1 aromatic rings. The van der Waals surface area contributed by atoms with E-state index in [0.717, 1.165) is 11.3 Å². The number of sulfonamides is 1. The Hall–Kier alpha value is -0.0800. The van der Waals surface area contributed by atoms with Crippen LogP contribution < -0.4 is 5.32 Å². The topological polar surface area (TPSA) is 49.4 Å². The van der Waals surface area contributed by atoms with Gasteiger partial charge in [0, 0.05) is 30.1 Å². The Morgan fingerprint density at radius 2 is 2.21 bits per heavy atom. The van der Waals surface area contributed by atoms with Gasteiger partial charge in [-0.25, -0.2) is 8.42 Å². The van der Waals surface area contributed by atoms with Crippen LogP contribution in [0.1, 0.15) is 19.4 Å². The third-order valence-electron chi connectivity index (χ3n) is 3.00. The van der Waals surface area contributed by atoms with E-state index in [1.807, 2.05) is 24.2 Å². The van der Waals surface area contributed by atoms with E-state index in [9.17, 15) is 8.42 Å². The molecule has 1 aromatic heterocycles. The van der Waals surface area contributed by atoms with Gasteiger partial charge in [0.15, 0.2) is 0 Å². The zero-order chi connectivity index (χ0) is 14.1. The molecule has 0 bridgehead atoms. The first-order chi connectivity index (χ1) is 8.85. The predicted molar refractivity (Wildman–Crippen MR) is 82.4 cm³/mol. The molecule has 2 rings (SSSR count). The van der Waals surface area contributed by atoms with Gasteiger partial charge in [0.1, 0.15) is 4.21 Å². The van der Waals surface area contributed by atoms with E-state index >= 15 is 0 Å². The number of thiophene rings is 1. The van der Waals surface area contributed by atoms with Crippen LogP contribution in [0.4, 0.5) is 0 Å². The Bertz CT molecular complexity index is 537. The quantitative estimate of drug-likeness (QED) is 0.922. The Morgan fingerprint density at radius 1 is 1.47 bits per heavy atom. The summed E-state index contributed by atoms with van der Waals surface area (Å²) in [5.41, 5.74) is 1.02. The van der Waals surface area contributed by atoms with Crippen molar-refractivity contribution in [2.75, 3.05) is 25.9 Å². The molecule has 0 radical (unpaired) electrons. The second kappa shape index (κ2) is 5.73. The van der Waals surface area contributed by atoms with Crippen LogP contribution in [0.15, 0.2) is 15.7 Å². The summed E-state index contributed by atoms with van der Waals surface area (Å²) in [6.07, 6.45) is 0. The third kappa shape index (κ3) is 3.52. The SMILES string of the molecule is CNCc1csc(S(=O)(=O)N2CCSC(C)(C)C2)c1. The van der Waals surface area contributed by atoms with Crippen molar-refractivity contribution < 1.29 is 8.42 Å². The highest BCUT2D eigenvalue weighted by Crippen LogP contribution is 2.33. The highest BCUT2D eigenvalue weighted by Gasteiger charge is 2.35. The predicted octanol–water partition coefficient (Wildman–Crippen LogP) is 1.98. The van der Waals surface area contributed by atoms with Crippen molar-refractivity contribution in [1.82, 2.24) is 9.62 Å². The molecule has 0 amide bonds. The molecule has 108 valence electrons. The van der Waals surface area contributed by atoms with Crippen molar-refractivity contribution in [2.45, 2.75) is 29.3 Å². The Morgan fingerprint density at radius 3 is 2.84 bits per heavy atom. The molecule has 19 heavy (non-hydrogen) atoms. The van der Waals surface area contributed by atoms with E-state index in [-0.39, 0.29) is 4.75 Å². The van der Waals surface area contributed by atoms with Crippen LogP contribution in [-0.4, -0.2) is 43.4 Å². The maximum absolute atomic E-state index is 12.6. The fraction of sp³-hybridized carbons (Fsp3) is 0.667. The lowest BCUT2D eigenvalue weighted by Gasteiger charge is -2.36. The molecule has 1 saturated heterocycles. The number of nitrogens with zero attached hydrogens (tertiary/aromatic N) is 1. The third-order valence-corrected chi connectivity index (χ3v) is 7.60. The lowest BCUT2D eigenvalue weighted by molar-refractivity contribution is 0.388. The van der Waals surface area contributed by atoms with E-state index in [1.54, 1.807) is 10.4 Å². The van der Waals surface area contributed by atoms with E-state index in [0.29, 0.717) is 23.8 Å². The highest BCUT2D eigenvalue weighted by molar-refractivity contribution is 8.00. The Kier molecular flexibility index (Phi) is 4.62. The van der Waals surface area contributed by atoms with E-state index in [1.165, 1.54) is 11.3 Å². The zero-order valence-corrected chi connectivity index (χ0v) is 13.9.